The summed E-state index contributed by atoms with van der Waals surface area (Å²) in [7, 11) is 0. The summed E-state index contributed by atoms with van der Waals surface area (Å²) >= 11 is 0. The largest absolute Gasteiger partial charge is 0.398 e. The van der Waals surface area contributed by atoms with Crippen molar-refractivity contribution in [3.8, 4) is 16.9 Å². The van der Waals surface area contributed by atoms with Crippen LogP contribution in [0.25, 0.3) is 16.9 Å². The van der Waals surface area contributed by atoms with Crippen molar-refractivity contribution in [1.82, 2.24) is 19.7 Å². The quantitative estimate of drug-likeness (QED) is 0.594. The number of hydrogen-bond donors (Lipinski definition) is 3. The van der Waals surface area contributed by atoms with Crippen LogP contribution in [0, 0.1) is 0 Å². The van der Waals surface area contributed by atoms with Crippen molar-refractivity contribution in [3.05, 3.63) is 53.3 Å². The van der Waals surface area contributed by atoms with E-state index in [9.17, 15) is 4.79 Å². The highest BCUT2D eigenvalue weighted by atomic mass is 16.1. The molecule has 5 N–H and O–H groups in total. The van der Waals surface area contributed by atoms with Gasteiger partial charge >= 0.3 is 0 Å². The molecule has 7 nitrogen and oxygen atoms in total. The lowest BCUT2D eigenvalue weighted by molar-refractivity contribution is 0.839. The van der Waals surface area contributed by atoms with Gasteiger partial charge in [-0.15, -0.1) is 0 Å². The zero-order valence-electron chi connectivity index (χ0n) is 10.4. The number of rotatable bonds is 2. The maximum Gasteiger partial charge on any atom is 0.276 e. The van der Waals surface area contributed by atoms with Crippen LogP contribution in [0.15, 0.2) is 47.8 Å². The fourth-order valence-corrected chi connectivity index (χ4v) is 1.92. The van der Waals surface area contributed by atoms with Gasteiger partial charge in [0.15, 0.2) is 5.82 Å². The van der Waals surface area contributed by atoms with Crippen LogP contribution >= 0.6 is 0 Å². The second kappa shape index (κ2) is 4.54. The minimum atomic E-state index is -0.397. The summed E-state index contributed by atoms with van der Waals surface area (Å²) in [6.45, 7) is 0. The van der Waals surface area contributed by atoms with Crippen molar-refractivity contribution in [2.45, 2.75) is 0 Å². The first-order valence-electron chi connectivity index (χ1n) is 5.90. The van der Waals surface area contributed by atoms with Crippen LogP contribution in [0.1, 0.15) is 0 Å². The Balaban J connectivity index is 2.09. The summed E-state index contributed by atoms with van der Waals surface area (Å²) in [5.74, 6) is 0.287. The smallest absolute Gasteiger partial charge is 0.276 e. The number of nitrogens with two attached hydrogens (primary N) is 2. The molecule has 0 saturated carbocycles. The Kier molecular flexibility index (Phi) is 2.72. The van der Waals surface area contributed by atoms with E-state index in [1.165, 1.54) is 11.0 Å². The number of benzene rings is 1. The van der Waals surface area contributed by atoms with Gasteiger partial charge in [-0.2, -0.15) is 5.10 Å². The van der Waals surface area contributed by atoms with E-state index in [0.717, 1.165) is 11.1 Å². The van der Waals surface area contributed by atoms with Crippen LogP contribution in [0.3, 0.4) is 0 Å². The summed E-state index contributed by atoms with van der Waals surface area (Å²) in [4.78, 5) is 17.9. The number of para-hydroxylation sites is 1. The third-order valence-corrected chi connectivity index (χ3v) is 2.94. The highest BCUT2D eigenvalue weighted by Gasteiger charge is 2.10. The molecule has 0 amide bonds. The van der Waals surface area contributed by atoms with Gasteiger partial charge in [0, 0.05) is 23.0 Å². The molecule has 2 heterocycles. The van der Waals surface area contributed by atoms with Crippen LogP contribution < -0.4 is 17.0 Å². The molecule has 2 aromatic heterocycles. The van der Waals surface area contributed by atoms with E-state index >= 15 is 0 Å². The third kappa shape index (κ3) is 1.91. The predicted molar refractivity (Wildman–Crippen MR) is 76.2 cm³/mol. The van der Waals surface area contributed by atoms with Gasteiger partial charge in [-0.25, -0.2) is 9.67 Å². The fraction of sp³-hybridized carbons (Fsp3) is 0. The van der Waals surface area contributed by atoms with Gasteiger partial charge < -0.3 is 16.5 Å². The molecule has 0 atom stereocenters. The van der Waals surface area contributed by atoms with Gasteiger partial charge in [0.2, 0.25) is 0 Å². The molecule has 20 heavy (non-hydrogen) atoms. The first-order chi connectivity index (χ1) is 9.66. The molecule has 100 valence electrons. The third-order valence-electron chi connectivity index (χ3n) is 2.94. The maximum absolute atomic E-state index is 11.5. The molecule has 0 radical (unpaired) electrons. The van der Waals surface area contributed by atoms with Gasteiger partial charge in [0.1, 0.15) is 5.69 Å². The van der Waals surface area contributed by atoms with E-state index in [4.69, 9.17) is 11.5 Å². The molecule has 0 saturated heterocycles. The summed E-state index contributed by atoms with van der Waals surface area (Å²) in [5, 5.41) is 4.17. The van der Waals surface area contributed by atoms with Crippen LogP contribution in [0.4, 0.5) is 11.4 Å². The number of hydrogen-bond acceptors (Lipinski definition) is 5. The van der Waals surface area contributed by atoms with Gasteiger partial charge in [-0.3, -0.25) is 4.79 Å². The molecule has 0 spiro atoms. The summed E-state index contributed by atoms with van der Waals surface area (Å²) in [6.07, 6.45) is 4.66. The fourth-order valence-electron chi connectivity index (χ4n) is 1.92. The molecular weight excluding hydrogens is 256 g/mol. The van der Waals surface area contributed by atoms with E-state index in [1.54, 1.807) is 12.4 Å². The van der Waals surface area contributed by atoms with Crippen molar-refractivity contribution < 1.29 is 0 Å². The van der Waals surface area contributed by atoms with Crippen LogP contribution in [-0.4, -0.2) is 19.7 Å². The predicted octanol–water partition coefficient (Wildman–Crippen LogP) is 0.787. The standard InChI is InChI=1S/C13H12N6O/c14-10-4-2-1-3-9(10)8-5-18-19(6-8)12-11(15)13(20)17-7-16-12/h1-7H,14-15H2,(H,16,17,20). The second-order valence-corrected chi connectivity index (χ2v) is 4.23. The Morgan fingerprint density at radius 2 is 2.00 bits per heavy atom. The first-order valence-corrected chi connectivity index (χ1v) is 5.90. The maximum atomic E-state index is 11.5. The summed E-state index contributed by atoms with van der Waals surface area (Å²) in [5.41, 5.74) is 13.6. The van der Waals surface area contributed by atoms with Gasteiger partial charge in [0.05, 0.1) is 12.5 Å². The van der Waals surface area contributed by atoms with E-state index in [2.05, 4.69) is 15.1 Å². The summed E-state index contributed by atoms with van der Waals surface area (Å²) in [6, 6.07) is 7.46. The monoisotopic (exact) mass is 268 g/mol. The van der Waals surface area contributed by atoms with Crippen LogP contribution in [-0.2, 0) is 0 Å². The molecule has 0 fully saturated rings. The number of anilines is 2. The van der Waals surface area contributed by atoms with E-state index in [1.807, 2.05) is 24.3 Å². The van der Waals surface area contributed by atoms with Crippen molar-refractivity contribution in [3.63, 3.8) is 0 Å². The van der Waals surface area contributed by atoms with Gasteiger partial charge in [-0.05, 0) is 6.07 Å². The molecule has 0 aliphatic rings. The first kappa shape index (κ1) is 12.0. The lowest BCUT2D eigenvalue weighted by Gasteiger charge is -2.03. The molecule has 0 aliphatic carbocycles. The Morgan fingerprint density at radius 1 is 1.20 bits per heavy atom. The summed E-state index contributed by atoms with van der Waals surface area (Å²) < 4.78 is 1.45. The number of aromatic nitrogens is 4. The highest BCUT2D eigenvalue weighted by Crippen LogP contribution is 2.25. The SMILES string of the molecule is Nc1ccccc1-c1cnn(-c2nc[nH]c(=O)c2N)c1. The van der Waals surface area contributed by atoms with Crippen LogP contribution in [0.2, 0.25) is 0 Å². The lowest BCUT2D eigenvalue weighted by Crippen LogP contribution is -2.16. The molecule has 0 bridgehead atoms. The van der Waals surface area contributed by atoms with Gasteiger partial charge in [-0.1, -0.05) is 18.2 Å². The highest BCUT2D eigenvalue weighted by molar-refractivity contribution is 5.75. The normalized spacial score (nSPS) is 10.6. The van der Waals surface area contributed by atoms with Crippen LogP contribution in [0.5, 0.6) is 0 Å². The minimum absolute atomic E-state index is 0.0168. The zero-order chi connectivity index (χ0) is 14.1. The number of nitrogen functional groups attached to an aromatic ring is 2. The van der Waals surface area contributed by atoms with Crippen molar-refractivity contribution in [2.75, 3.05) is 11.5 Å². The Bertz CT molecular complexity index is 819. The number of H-pyrrole nitrogens is 1. The number of aromatic amines is 1. The molecule has 3 rings (SSSR count). The van der Waals surface area contributed by atoms with E-state index in [-0.39, 0.29) is 11.5 Å². The van der Waals surface area contributed by atoms with Crippen molar-refractivity contribution in [1.29, 1.82) is 0 Å². The number of nitrogens with one attached hydrogen (secondary N) is 1. The number of nitrogens with zero attached hydrogens (tertiary/aromatic N) is 3. The van der Waals surface area contributed by atoms with E-state index < -0.39 is 5.56 Å². The minimum Gasteiger partial charge on any atom is -0.398 e. The Hall–Kier alpha value is -3.09. The molecule has 7 heteroatoms. The molecule has 0 aliphatic heterocycles. The van der Waals surface area contributed by atoms with E-state index in [0.29, 0.717) is 5.69 Å². The second-order valence-electron chi connectivity index (χ2n) is 4.23. The zero-order valence-corrected chi connectivity index (χ0v) is 10.4. The average Bonchev–Trinajstić information content (AvgIpc) is 2.92. The Labute approximate surface area is 113 Å². The van der Waals surface area contributed by atoms with Gasteiger partial charge in [0.25, 0.3) is 5.56 Å². The lowest BCUT2D eigenvalue weighted by atomic mass is 10.1. The average molecular weight is 268 g/mol. The molecular formula is C13H12N6O. The molecule has 3 aromatic rings. The molecule has 1 aromatic carbocycles. The topological polar surface area (TPSA) is 116 Å². The molecule has 0 unspecified atom stereocenters. The Morgan fingerprint density at radius 3 is 2.80 bits per heavy atom. The van der Waals surface area contributed by atoms with Crippen molar-refractivity contribution >= 4 is 11.4 Å². The van der Waals surface area contributed by atoms with Crippen molar-refractivity contribution in [2.24, 2.45) is 0 Å².